The number of para-hydroxylation sites is 2. The Hall–Kier alpha value is -4.90. The second-order valence-electron chi connectivity index (χ2n) is 15.0. The van der Waals surface area contributed by atoms with Crippen LogP contribution in [0.2, 0.25) is 0 Å². The molecule has 0 aliphatic rings. The number of aryl methyl sites for hydroxylation is 2. The summed E-state index contributed by atoms with van der Waals surface area (Å²) in [7, 11) is 0. The molecule has 0 aliphatic carbocycles. The fourth-order valence-corrected chi connectivity index (χ4v) is 4.10. The maximum absolute atomic E-state index is 9.84. The monoisotopic (exact) mass is 666 g/mol. The topological polar surface area (TPSA) is 101 Å². The summed E-state index contributed by atoms with van der Waals surface area (Å²) in [6.45, 7) is 23.2. The van der Waals surface area contributed by atoms with Gasteiger partial charge in [-0.25, -0.2) is 0 Å². The minimum absolute atomic E-state index is 0.00859. The lowest BCUT2D eigenvalue weighted by Crippen LogP contribution is -2.16. The van der Waals surface area contributed by atoms with Crippen molar-refractivity contribution in [3.05, 3.63) is 149 Å². The standard InChI is InChI=1S/C14H22O.C10H14O.2C7H8O.C6H6O/c1-13(2,3)10-7-8-12(15)11(9-10)14(4,5)6;1-10(2,3)8-4-6-9(11)7-5-8;1-6-2-4-7(8)5-3-6;1-6-4-2-3-5-7(6)8;7-6-4-2-1-3-5-6/h7-9,15H,1-6H3;4-7,11H,1-3H3;2*2-5,8H,1H3;1-5,7H. The fraction of sp³-hybridized carbons (Fsp3) is 0.318. The van der Waals surface area contributed by atoms with E-state index in [0.717, 1.165) is 11.1 Å². The molecule has 0 radical (unpaired) electrons. The van der Waals surface area contributed by atoms with Crippen molar-refractivity contribution in [2.75, 3.05) is 0 Å². The van der Waals surface area contributed by atoms with E-state index < -0.39 is 0 Å². The predicted molar refractivity (Wildman–Crippen MR) is 206 cm³/mol. The summed E-state index contributed by atoms with van der Waals surface area (Å²) in [5.74, 6) is 1.75. The van der Waals surface area contributed by atoms with E-state index in [0.29, 0.717) is 28.7 Å². The van der Waals surface area contributed by atoms with Gasteiger partial charge in [-0.2, -0.15) is 0 Å². The van der Waals surface area contributed by atoms with E-state index in [1.54, 1.807) is 60.7 Å². The van der Waals surface area contributed by atoms with Gasteiger partial charge in [0.25, 0.3) is 0 Å². The molecule has 0 saturated heterocycles. The van der Waals surface area contributed by atoms with Crippen molar-refractivity contribution in [1.82, 2.24) is 0 Å². The summed E-state index contributed by atoms with van der Waals surface area (Å²) in [6, 6.07) is 36.3. The molecule has 0 bridgehead atoms. The first kappa shape index (κ1) is 42.1. The highest BCUT2D eigenvalue weighted by Crippen LogP contribution is 2.34. The number of benzene rings is 5. The van der Waals surface area contributed by atoms with Gasteiger partial charge in [0.1, 0.15) is 28.7 Å². The molecule has 0 saturated carbocycles. The zero-order chi connectivity index (χ0) is 37.4. The third kappa shape index (κ3) is 17.2. The van der Waals surface area contributed by atoms with Gasteiger partial charge in [-0.15, -0.1) is 0 Å². The van der Waals surface area contributed by atoms with Crippen molar-refractivity contribution in [3.63, 3.8) is 0 Å². The van der Waals surface area contributed by atoms with Gasteiger partial charge >= 0.3 is 0 Å². The normalized spacial score (nSPS) is 10.8. The third-order valence-electron chi connectivity index (χ3n) is 7.31. The summed E-state index contributed by atoms with van der Waals surface area (Å²) < 4.78 is 0. The first-order valence-corrected chi connectivity index (χ1v) is 16.5. The molecule has 5 heteroatoms. The third-order valence-corrected chi connectivity index (χ3v) is 7.31. The van der Waals surface area contributed by atoms with Crippen LogP contribution >= 0.6 is 0 Å². The average molecular weight is 667 g/mol. The molecule has 5 N–H and O–H groups in total. The highest BCUT2D eigenvalue weighted by atomic mass is 16.3. The number of hydrogen-bond acceptors (Lipinski definition) is 5. The van der Waals surface area contributed by atoms with Gasteiger partial charge in [0.05, 0.1) is 0 Å². The van der Waals surface area contributed by atoms with Gasteiger partial charge in [-0.1, -0.05) is 141 Å². The predicted octanol–water partition coefficient (Wildman–Crippen LogP) is 11.5. The van der Waals surface area contributed by atoms with Crippen molar-refractivity contribution in [3.8, 4) is 28.7 Å². The van der Waals surface area contributed by atoms with Crippen LogP contribution in [0.25, 0.3) is 0 Å². The molecule has 0 amide bonds. The largest absolute Gasteiger partial charge is 0.508 e. The summed E-state index contributed by atoms with van der Waals surface area (Å²) in [4.78, 5) is 0. The van der Waals surface area contributed by atoms with Crippen LogP contribution in [0.1, 0.15) is 90.1 Å². The second kappa shape index (κ2) is 19.2. The van der Waals surface area contributed by atoms with Crippen LogP contribution in [0.4, 0.5) is 0 Å². The Morgan fingerprint density at radius 3 is 1.12 bits per heavy atom. The quantitative estimate of drug-likeness (QED) is 0.113. The molecule has 0 spiro atoms. The van der Waals surface area contributed by atoms with Gasteiger partial charge in [-0.05, 0) is 101 Å². The van der Waals surface area contributed by atoms with Crippen LogP contribution in [0, 0.1) is 13.8 Å². The van der Waals surface area contributed by atoms with E-state index in [2.05, 4.69) is 68.4 Å². The Bertz CT molecular complexity index is 1590. The minimum atomic E-state index is -0.00859. The van der Waals surface area contributed by atoms with Crippen molar-refractivity contribution >= 4 is 0 Å². The maximum Gasteiger partial charge on any atom is 0.119 e. The summed E-state index contributed by atoms with van der Waals surface area (Å²) in [5.41, 5.74) is 5.93. The smallest absolute Gasteiger partial charge is 0.119 e. The van der Waals surface area contributed by atoms with Crippen LogP contribution < -0.4 is 0 Å². The SMILES string of the molecule is CC(C)(C)c1ccc(O)c(C(C)(C)C)c1.CC(C)(C)c1ccc(O)cc1.Cc1ccc(O)cc1.Cc1ccccc1O.Oc1ccccc1. The lowest BCUT2D eigenvalue weighted by atomic mass is 9.80. The molecule has 0 fully saturated rings. The van der Waals surface area contributed by atoms with Crippen molar-refractivity contribution in [2.24, 2.45) is 0 Å². The van der Waals surface area contributed by atoms with Gasteiger partial charge in [-0.3, -0.25) is 0 Å². The molecule has 0 heterocycles. The van der Waals surface area contributed by atoms with Crippen molar-refractivity contribution in [2.45, 2.75) is 92.4 Å². The van der Waals surface area contributed by atoms with Gasteiger partial charge in [0.15, 0.2) is 0 Å². The van der Waals surface area contributed by atoms with E-state index in [-0.39, 0.29) is 16.2 Å². The lowest BCUT2D eigenvalue weighted by Gasteiger charge is -2.25. The van der Waals surface area contributed by atoms with E-state index in [1.807, 2.05) is 68.4 Å². The first-order chi connectivity index (χ1) is 22.6. The number of rotatable bonds is 0. The molecule has 5 nitrogen and oxygen atoms in total. The lowest BCUT2D eigenvalue weighted by molar-refractivity contribution is 0.444. The van der Waals surface area contributed by atoms with Gasteiger partial charge < -0.3 is 25.5 Å². The molecule has 5 aromatic rings. The van der Waals surface area contributed by atoms with Crippen LogP contribution in [-0.4, -0.2) is 25.5 Å². The Morgan fingerprint density at radius 2 is 0.776 bits per heavy atom. The molecule has 5 aromatic carbocycles. The fourth-order valence-electron chi connectivity index (χ4n) is 4.10. The Labute approximate surface area is 295 Å². The maximum atomic E-state index is 9.84. The number of hydrogen-bond donors (Lipinski definition) is 5. The van der Waals surface area contributed by atoms with Gasteiger partial charge in [0, 0.05) is 0 Å². The molecule has 49 heavy (non-hydrogen) atoms. The molecular formula is C44H58O5. The van der Waals surface area contributed by atoms with Crippen molar-refractivity contribution < 1.29 is 25.5 Å². The molecule has 0 atom stereocenters. The van der Waals surface area contributed by atoms with E-state index in [9.17, 15) is 5.11 Å². The molecule has 0 aliphatic heterocycles. The van der Waals surface area contributed by atoms with E-state index in [1.165, 1.54) is 16.7 Å². The van der Waals surface area contributed by atoms with Crippen LogP contribution in [-0.2, 0) is 16.2 Å². The summed E-state index contributed by atoms with van der Waals surface area (Å²) in [5, 5.41) is 45.2. The Kier molecular flexibility index (Phi) is 16.5. The zero-order valence-electron chi connectivity index (χ0n) is 31.3. The molecule has 264 valence electrons. The molecule has 0 aromatic heterocycles. The Balaban J connectivity index is 0.000000315. The number of phenolic OH excluding ortho intramolecular Hbond substituents is 5. The highest BCUT2D eigenvalue weighted by Gasteiger charge is 2.21. The number of phenols is 5. The van der Waals surface area contributed by atoms with Crippen molar-refractivity contribution in [1.29, 1.82) is 0 Å². The summed E-state index contributed by atoms with van der Waals surface area (Å²) in [6.07, 6.45) is 0. The molecular weight excluding hydrogens is 608 g/mol. The average Bonchev–Trinajstić information content (AvgIpc) is 3.01. The zero-order valence-corrected chi connectivity index (χ0v) is 31.3. The minimum Gasteiger partial charge on any atom is -0.508 e. The highest BCUT2D eigenvalue weighted by molar-refractivity contribution is 5.42. The van der Waals surface area contributed by atoms with Crippen LogP contribution in [0.15, 0.2) is 121 Å². The first-order valence-electron chi connectivity index (χ1n) is 16.5. The number of aromatic hydroxyl groups is 5. The van der Waals surface area contributed by atoms with E-state index in [4.69, 9.17) is 20.4 Å². The van der Waals surface area contributed by atoms with E-state index >= 15 is 0 Å². The molecule has 0 unspecified atom stereocenters. The Morgan fingerprint density at radius 1 is 0.367 bits per heavy atom. The summed E-state index contributed by atoms with van der Waals surface area (Å²) >= 11 is 0. The molecule has 5 rings (SSSR count). The van der Waals surface area contributed by atoms with Crippen LogP contribution in [0.5, 0.6) is 28.7 Å². The second-order valence-corrected chi connectivity index (χ2v) is 15.0. The van der Waals surface area contributed by atoms with Gasteiger partial charge in [0.2, 0.25) is 0 Å². The van der Waals surface area contributed by atoms with Crippen LogP contribution in [0.3, 0.4) is 0 Å².